The quantitative estimate of drug-likeness (QED) is 0.305. The first-order chi connectivity index (χ1) is 16.5. The number of fused-ring (bicyclic) bond motifs is 1. The van der Waals surface area contributed by atoms with Crippen molar-refractivity contribution in [2.45, 2.75) is 32.2 Å². The lowest BCUT2D eigenvalue weighted by Gasteiger charge is -2.11. The van der Waals surface area contributed by atoms with Crippen molar-refractivity contribution in [3.63, 3.8) is 0 Å². The number of benzene rings is 3. The minimum atomic E-state index is -0.804. The monoisotopic (exact) mass is 473 g/mol. The molecule has 1 amide bonds. The lowest BCUT2D eigenvalue weighted by molar-refractivity contribution is -0.137. The van der Waals surface area contributed by atoms with Crippen LogP contribution in [-0.4, -0.2) is 27.0 Å². The molecule has 7 heteroatoms. The fourth-order valence-electron chi connectivity index (χ4n) is 3.73. The Kier molecular flexibility index (Phi) is 7.50. The molecular weight excluding hydrogens is 450 g/mol. The fourth-order valence-corrected chi connectivity index (χ4v) is 3.95. The number of unbranched alkanes of at least 4 members (excludes halogenated alkanes) is 1. The molecule has 3 aromatic carbocycles. The standard InChI is InChI=1S/C27H24ClN3O3/c28-21-10-6-7-18(15-21)17-29-27(34)20-13-14-22-24(16-20)30-23(11-4-5-12-25(32)33)26(31-22)19-8-2-1-3-9-19/h1-3,6-10,13-16H,4-5,11-12,17H2,(H,29,34)(H,32,33). The van der Waals surface area contributed by atoms with Crippen LogP contribution in [0, 0.1) is 0 Å². The fraction of sp³-hybridized carbons (Fsp3) is 0.185. The molecule has 0 bridgehead atoms. The number of hydrogen-bond donors (Lipinski definition) is 2. The molecule has 0 atom stereocenters. The summed E-state index contributed by atoms with van der Waals surface area (Å²) < 4.78 is 0. The van der Waals surface area contributed by atoms with E-state index in [1.807, 2.05) is 48.5 Å². The maximum Gasteiger partial charge on any atom is 0.303 e. The number of amides is 1. The SMILES string of the molecule is O=C(O)CCCCc1nc2cc(C(=O)NCc3cccc(Cl)c3)ccc2nc1-c1ccccc1. The molecule has 0 saturated carbocycles. The number of aryl methyl sites for hydroxylation is 1. The number of aromatic nitrogens is 2. The first kappa shape index (κ1) is 23.4. The zero-order valence-electron chi connectivity index (χ0n) is 18.5. The number of carboxylic acids is 1. The largest absolute Gasteiger partial charge is 0.481 e. The van der Waals surface area contributed by atoms with Crippen molar-refractivity contribution in [3.8, 4) is 11.3 Å². The van der Waals surface area contributed by atoms with Gasteiger partial charge in [0.05, 0.1) is 22.4 Å². The van der Waals surface area contributed by atoms with E-state index in [1.165, 1.54) is 0 Å². The summed E-state index contributed by atoms with van der Waals surface area (Å²) in [5.41, 5.74) is 5.25. The number of halogens is 1. The molecule has 0 saturated heterocycles. The highest BCUT2D eigenvalue weighted by atomic mass is 35.5. The van der Waals surface area contributed by atoms with Crippen molar-refractivity contribution >= 4 is 34.5 Å². The predicted molar refractivity (Wildman–Crippen MR) is 133 cm³/mol. The van der Waals surface area contributed by atoms with Gasteiger partial charge in [0.25, 0.3) is 5.91 Å². The third-order valence-corrected chi connectivity index (χ3v) is 5.68. The molecule has 1 aromatic heterocycles. The molecule has 0 unspecified atom stereocenters. The van der Waals surface area contributed by atoms with Crippen LogP contribution in [0.5, 0.6) is 0 Å². The number of rotatable bonds is 9. The summed E-state index contributed by atoms with van der Waals surface area (Å²) in [5, 5.41) is 12.5. The maximum atomic E-state index is 12.7. The van der Waals surface area contributed by atoms with Gasteiger partial charge in [0, 0.05) is 29.1 Å². The summed E-state index contributed by atoms with van der Waals surface area (Å²) in [6, 6.07) is 22.4. The Hall–Kier alpha value is -3.77. The van der Waals surface area contributed by atoms with E-state index in [-0.39, 0.29) is 12.3 Å². The Bertz CT molecular complexity index is 1330. The summed E-state index contributed by atoms with van der Waals surface area (Å²) in [5.74, 6) is -1.01. The number of carbonyl (C=O) groups excluding carboxylic acids is 1. The van der Waals surface area contributed by atoms with Crippen LogP contribution in [-0.2, 0) is 17.8 Å². The van der Waals surface area contributed by atoms with Gasteiger partial charge in [0.1, 0.15) is 0 Å². The first-order valence-electron chi connectivity index (χ1n) is 11.1. The van der Waals surface area contributed by atoms with E-state index in [1.54, 1.807) is 24.3 Å². The molecule has 0 spiro atoms. The van der Waals surface area contributed by atoms with Crippen LogP contribution in [0.1, 0.15) is 40.9 Å². The summed E-state index contributed by atoms with van der Waals surface area (Å²) in [7, 11) is 0. The van der Waals surface area contributed by atoms with E-state index in [0.29, 0.717) is 47.4 Å². The molecule has 4 aromatic rings. The van der Waals surface area contributed by atoms with Crippen LogP contribution in [0.15, 0.2) is 72.8 Å². The summed E-state index contributed by atoms with van der Waals surface area (Å²) in [6.45, 7) is 0.366. The normalized spacial score (nSPS) is 10.9. The summed E-state index contributed by atoms with van der Waals surface area (Å²) in [6.07, 6.45) is 1.98. The minimum absolute atomic E-state index is 0.124. The molecule has 4 rings (SSSR count). The molecule has 6 nitrogen and oxygen atoms in total. The van der Waals surface area contributed by atoms with Crippen LogP contribution < -0.4 is 5.32 Å². The van der Waals surface area contributed by atoms with Crippen molar-refractivity contribution in [1.29, 1.82) is 0 Å². The molecule has 34 heavy (non-hydrogen) atoms. The van der Waals surface area contributed by atoms with Crippen LogP contribution in [0.3, 0.4) is 0 Å². The number of aliphatic carboxylic acids is 1. The molecule has 0 aliphatic rings. The average Bonchev–Trinajstić information content (AvgIpc) is 2.85. The molecule has 172 valence electrons. The van der Waals surface area contributed by atoms with Crippen LogP contribution >= 0.6 is 11.6 Å². The Morgan fingerprint density at radius 1 is 0.882 bits per heavy atom. The highest BCUT2D eigenvalue weighted by Gasteiger charge is 2.14. The van der Waals surface area contributed by atoms with Gasteiger partial charge >= 0.3 is 5.97 Å². The summed E-state index contributed by atoms with van der Waals surface area (Å²) >= 11 is 6.02. The van der Waals surface area contributed by atoms with Crippen molar-refractivity contribution < 1.29 is 14.7 Å². The van der Waals surface area contributed by atoms with Crippen LogP contribution in [0.4, 0.5) is 0 Å². The Morgan fingerprint density at radius 3 is 2.47 bits per heavy atom. The molecule has 1 heterocycles. The van der Waals surface area contributed by atoms with E-state index in [4.69, 9.17) is 26.7 Å². The van der Waals surface area contributed by atoms with Gasteiger partial charge < -0.3 is 10.4 Å². The predicted octanol–water partition coefficient (Wildman–Crippen LogP) is 5.68. The van der Waals surface area contributed by atoms with Crippen molar-refractivity contribution in [2.75, 3.05) is 0 Å². The zero-order valence-corrected chi connectivity index (χ0v) is 19.3. The molecule has 0 fully saturated rings. The Morgan fingerprint density at radius 2 is 1.71 bits per heavy atom. The van der Waals surface area contributed by atoms with Gasteiger partial charge in [-0.25, -0.2) is 9.97 Å². The van der Waals surface area contributed by atoms with Crippen molar-refractivity contribution in [3.05, 3.63) is 94.6 Å². The van der Waals surface area contributed by atoms with Gasteiger partial charge in [0.15, 0.2) is 0 Å². The van der Waals surface area contributed by atoms with E-state index in [2.05, 4.69) is 5.32 Å². The molecule has 0 radical (unpaired) electrons. The zero-order chi connectivity index (χ0) is 23.9. The number of hydrogen-bond acceptors (Lipinski definition) is 4. The summed E-state index contributed by atoms with van der Waals surface area (Å²) in [4.78, 5) is 33.3. The first-order valence-corrected chi connectivity index (χ1v) is 11.5. The topological polar surface area (TPSA) is 92.2 Å². The second-order valence-electron chi connectivity index (χ2n) is 8.00. The van der Waals surface area contributed by atoms with Gasteiger partial charge in [-0.05, 0) is 55.2 Å². The van der Waals surface area contributed by atoms with Gasteiger partial charge in [0.2, 0.25) is 0 Å². The number of nitrogens with zero attached hydrogens (tertiary/aromatic N) is 2. The highest BCUT2D eigenvalue weighted by molar-refractivity contribution is 6.30. The Balaban J connectivity index is 1.59. The second kappa shape index (κ2) is 10.9. The van der Waals surface area contributed by atoms with Gasteiger partial charge in [-0.2, -0.15) is 0 Å². The van der Waals surface area contributed by atoms with E-state index >= 15 is 0 Å². The number of carboxylic acid groups (broad SMARTS) is 1. The van der Waals surface area contributed by atoms with Crippen molar-refractivity contribution in [1.82, 2.24) is 15.3 Å². The second-order valence-corrected chi connectivity index (χ2v) is 8.44. The minimum Gasteiger partial charge on any atom is -0.481 e. The van der Waals surface area contributed by atoms with Gasteiger partial charge in [-0.15, -0.1) is 0 Å². The van der Waals surface area contributed by atoms with E-state index < -0.39 is 5.97 Å². The van der Waals surface area contributed by atoms with E-state index in [0.717, 1.165) is 22.5 Å². The third kappa shape index (κ3) is 5.97. The number of nitrogens with one attached hydrogen (secondary N) is 1. The average molecular weight is 474 g/mol. The lowest BCUT2D eigenvalue weighted by Crippen LogP contribution is -2.22. The van der Waals surface area contributed by atoms with Gasteiger partial charge in [-0.3, -0.25) is 9.59 Å². The maximum absolute atomic E-state index is 12.7. The lowest BCUT2D eigenvalue weighted by atomic mass is 10.0. The van der Waals surface area contributed by atoms with Crippen LogP contribution in [0.2, 0.25) is 5.02 Å². The van der Waals surface area contributed by atoms with Crippen molar-refractivity contribution in [2.24, 2.45) is 0 Å². The smallest absolute Gasteiger partial charge is 0.303 e. The Labute approximate surface area is 202 Å². The molecular formula is C27H24ClN3O3. The molecule has 0 aliphatic heterocycles. The number of carbonyl (C=O) groups is 2. The third-order valence-electron chi connectivity index (χ3n) is 5.44. The van der Waals surface area contributed by atoms with Gasteiger partial charge in [-0.1, -0.05) is 54.1 Å². The van der Waals surface area contributed by atoms with E-state index in [9.17, 15) is 9.59 Å². The highest BCUT2D eigenvalue weighted by Crippen LogP contribution is 2.25. The van der Waals surface area contributed by atoms with Crippen LogP contribution in [0.25, 0.3) is 22.3 Å². The molecule has 0 aliphatic carbocycles. The molecule has 2 N–H and O–H groups in total.